The topological polar surface area (TPSA) is 79.0 Å². The summed E-state index contributed by atoms with van der Waals surface area (Å²) >= 11 is 0. The molecule has 1 atom stereocenters. The molecule has 0 radical (unpaired) electrons. The van der Waals surface area contributed by atoms with Crippen molar-refractivity contribution in [2.75, 3.05) is 0 Å². The third-order valence-electron chi connectivity index (χ3n) is 3.06. The molecule has 0 saturated heterocycles. The van der Waals surface area contributed by atoms with Gasteiger partial charge in [0, 0.05) is 0 Å². The maximum Gasteiger partial charge on any atom is 0.234 e. The van der Waals surface area contributed by atoms with Crippen LogP contribution in [0.25, 0.3) is 0 Å². The monoisotopic (exact) mass is 303 g/mol. The minimum Gasteiger partial charge on any atom is -0.370 e. The molecule has 5 heteroatoms. The second kappa shape index (κ2) is 8.07. The Kier molecular flexibility index (Phi) is 6.43. The Morgan fingerprint density at radius 1 is 1.05 bits per heavy atom. The Morgan fingerprint density at radius 3 is 2.10 bits per heavy atom. The molecule has 1 unspecified atom stereocenters. The fraction of sp³-hybridized carbons (Fsp3) is 0.125. The minimum atomic E-state index is -0.359. The number of carbonyl (C=O) groups excluding carboxylic acids is 1. The van der Waals surface area contributed by atoms with E-state index in [0.29, 0.717) is 6.42 Å². The summed E-state index contributed by atoms with van der Waals surface area (Å²) in [6.45, 7) is 0. The van der Waals surface area contributed by atoms with Gasteiger partial charge < -0.3 is 5.73 Å². The first kappa shape index (κ1) is 16.7. The number of nitrogens with two attached hydrogens (primary N) is 1. The highest BCUT2D eigenvalue weighted by molar-refractivity contribution is 5.98. The second-order valence-electron chi connectivity index (χ2n) is 4.56. The third-order valence-corrected chi connectivity index (χ3v) is 3.06. The van der Waals surface area contributed by atoms with Crippen LogP contribution in [-0.2, 0) is 11.2 Å². The summed E-state index contributed by atoms with van der Waals surface area (Å²) < 4.78 is 0. The number of benzene rings is 2. The summed E-state index contributed by atoms with van der Waals surface area (Å²) in [6, 6.07) is 19.3. The molecule has 2 aromatic rings. The van der Waals surface area contributed by atoms with Crippen LogP contribution in [0.2, 0.25) is 0 Å². The van der Waals surface area contributed by atoms with Gasteiger partial charge in [-0.1, -0.05) is 60.7 Å². The van der Waals surface area contributed by atoms with Crippen molar-refractivity contribution in [2.24, 2.45) is 5.73 Å². The molecule has 0 aromatic heterocycles. The Hall–Kier alpha value is -2.33. The summed E-state index contributed by atoms with van der Waals surface area (Å²) in [4.78, 5) is 12.2. The molecule has 0 aliphatic carbocycles. The number of nitrogens with one attached hydrogen (secondary N) is 2. The number of amides is 1. The Labute approximate surface area is 130 Å². The first-order valence-corrected chi connectivity index (χ1v) is 6.40. The van der Waals surface area contributed by atoms with Gasteiger partial charge in [0.1, 0.15) is 0 Å². The van der Waals surface area contributed by atoms with Crippen LogP contribution in [0.3, 0.4) is 0 Å². The van der Waals surface area contributed by atoms with Gasteiger partial charge in [-0.15, -0.1) is 12.4 Å². The van der Waals surface area contributed by atoms with Crippen molar-refractivity contribution in [2.45, 2.75) is 12.3 Å². The molecular formula is C16H18ClN3O. The molecule has 0 saturated carbocycles. The van der Waals surface area contributed by atoms with Gasteiger partial charge in [0.2, 0.25) is 5.91 Å². The van der Waals surface area contributed by atoms with Crippen LogP contribution >= 0.6 is 12.4 Å². The molecule has 0 bridgehead atoms. The van der Waals surface area contributed by atoms with E-state index in [4.69, 9.17) is 11.1 Å². The molecule has 2 aromatic carbocycles. The summed E-state index contributed by atoms with van der Waals surface area (Å²) in [5.41, 5.74) is 7.24. The van der Waals surface area contributed by atoms with Gasteiger partial charge in [0.15, 0.2) is 5.96 Å². The molecular weight excluding hydrogens is 286 g/mol. The van der Waals surface area contributed by atoms with Crippen molar-refractivity contribution < 1.29 is 4.79 Å². The van der Waals surface area contributed by atoms with Gasteiger partial charge in [-0.25, -0.2) is 0 Å². The second-order valence-corrected chi connectivity index (χ2v) is 4.56. The Morgan fingerprint density at radius 2 is 1.57 bits per heavy atom. The highest BCUT2D eigenvalue weighted by Crippen LogP contribution is 2.21. The van der Waals surface area contributed by atoms with Gasteiger partial charge in [0.05, 0.1) is 5.92 Å². The standard InChI is InChI=1S/C16H17N3O.ClH/c17-16(18)19-15(20)14(13-9-5-2-6-10-13)11-12-7-3-1-4-8-12;/h1-10,14H,11H2,(H4,17,18,19,20);1H. The van der Waals surface area contributed by atoms with Crippen LogP contribution in [-0.4, -0.2) is 11.9 Å². The summed E-state index contributed by atoms with van der Waals surface area (Å²) in [7, 11) is 0. The predicted octanol–water partition coefficient (Wildman–Crippen LogP) is 2.44. The summed E-state index contributed by atoms with van der Waals surface area (Å²) in [5, 5.41) is 9.59. The van der Waals surface area contributed by atoms with Gasteiger partial charge in [0.25, 0.3) is 0 Å². The normalized spacial score (nSPS) is 11.0. The molecule has 0 aliphatic heterocycles. The van der Waals surface area contributed by atoms with E-state index >= 15 is 0 Å². The average Bonchev–Trinajstić information content (AvgIpc) is 2.46. The van der Waals surface area contributed by atoms with E-state index in [1.807, 2.05) is 60.7 Å². The van der Waals surface area contributed by atoms with Gasteiger partial charge in [-0.2, -0.15) is 0 Å². The average molecular weight is 304 g/mol. The van der Waals surface area contributed by atoms with E-state index in [-0.39, 0.29) is 30.2 Å². The van der Waals surface area contributed by atoms with E-state index in [9.17, 15) is 4.79 Å². The molecule has 0 fully saturated rings. The quantitative estimate of drug-likeness (QED) is 0.599. The largest absolute Gasteiger partial charge is 0.370 e. The molecule has 0 spiro atoms. The highest BCUT2D eigenvalue weighted by atomic mass is 35.5. The molecule has 4 nitrogen and oxygen atoms in total. The van der Waals surface area contributed by atoms with E-state index in [1.54, 1.807) is 0 Å². The molecule has 4 N–H and O–H groups in total. The lowest BCUT2D eigenvalue weighted by molar-refractivity contribution is -0.121. The zero-order chi connectivity index (χ0) is 14.4. The molecule has 0 aliphatic rings. The fourth-order valence-corrected chi connectivity index (χ4v) is 2.12. The lowest BCUT2D eigenvalue weighted by Crippen LogP contribution is -2.39. The van der Waals surface area contributed by atoms with E-state index in [2.05, 4.69) is 5.32 Å². The molecule has 110 valence electrons. The van der Waals surface area contributed by atoms with Gasteiger partial charge >= 0.3 is 0 Å². The van der Waals surface area contributed by atoms with E-state index in [1.165, 1.54) is 0 Å². The van der Waals surface area contributed by atoms with Crippen molar-refractivity contribution in [3.05, 3.63) is 71.8 Å². The number of hydrogen-bond donors (Lipinski definition) is 3. The first-order valence-electron chi connectivity index (χ1n) is 6.40. The van der Waals surface area contributed by atoms with Gasteiger partial charge in [-0.3, -0.25) is 15.5 Å². The van der Waals surface area contributed by atoms with E-state index in [0.717, 1.165) is 11.1 Å². The molecule has 2 rings (SSSR count). The molecule has 1 amide bonds. The maximum absolute atomic E-state index is 12.2. The van der Waals surface area contributed by atoms with Crippen molar-refractivity contribution in [3.8, 4) is 0 Å². The molecule has 0 heterocycles. The SMILES string of the molecule is Cl.N=C(N)NC(=O)C(Cc1ccccc1)c1ccccc1. The van der Waals surface area contributed by atoms with Crippen molar-refractivity contribution in [1.82, 2.24) is 5.32 Å². The lowest BCUT2D eigenvalue weighted by atomic mass is 9.91. The number of guanidine groups is 1. The lowest BCUT2D eigenvalue weighted by Gasteiger charge is -2.16. The zero-order valence-electron chi connectivity index (χ0n) is 11.5. The van der Waals surface area contributed by atoms with Crippen LogP contribution in [0.4, 0.5) is 0 Å². The van der Waals surface area contributed by atoms with Crippen LogP contribution in [0.15, 0.2) is 60.7 Å². The fourth-order valence-electron chi connectivity index (χ4n) is 2.12. The van der Waals surface area contributed by atoms with Crippen LogP contribution in [0.5, 0.6) is 0 Å². The summed E-state index contributed by atoms with van der Waals surface area (Å²) in [6.07, 6.45) is 0.573. The zero-order valence-corrected chi connectivity index (χ0v) is 12.3. The number of rotatable bonds is 4. The summed E-state index contributed by atoms with van der Waals surface area (Å²) in [5.74, 6) is -0.945. The smallest absolute Gasteiger partial charge is 0.234 e. The predicted molar refractivity (Wildman–Crippen MR) is 86.6 cm³/mol. The number of hydrogen-bond acceptors (Lipinski definition) is 2. The van der Waals surface area contributed by atoms with Crippen LogP contribution in [0.1, 0.15) is 17.0 Å². The van der Waals surface area contributed by atoms with Crippen molar-refractivity contribution >= 4 is 24.3 Å². The van der Waals surface area contributed by atoms with Crippen molar-refractivity contribution in [1.29, 1.82) is 5.41 Å². The number of halogens is 1. The van der Waals surface area contributed by atoms with E-state index < -0.39 is 0 Å². The Balaban J connectivity index is 0.00000220. The number of carbonyl (C=O) groups is 1. The van der Waals surface area contributed by atoms with Crippen LogP contribution < -0.4 is 11.1 Å². The van der Waals surface area contributed by atoms with Gasteiger partial charge in [-0.05, 0) is 17.5 Å². The van der Waals surface area contributed by atoms with Crippen molar-refractivity contribution in [3.63, 3.8) is 0 Å². The molecule has 21 heavy (non-hydrogen) atoms. The highest BCUT2D eigenvalue weighted by Gasteiger charge is 2.21. The third kappa shape index (κ3) is 4.93. The maximum atomic E-state index is 12.2. The van der Waals surface area contributed by atoms with Crippen LogP contribution in [0, 0.1) is 5.41 Å². The first-order chi connectivity index (χ1) is 9.66. The Bertz CT molecular complexity index is 587. The minimum absolute atomic E-state index is 0.